The standard InChI is InChI=1S/C22H40N4O4/c1-23-11-7-19(8-12-23)5-3-10-26-18-20(30-22(26)28)17-25-15-13-24(14-16-25)9-4-6-21(27)29-2/h19-20H,3-18H2,1-2H3. The van der Waals surface area contributed by atoms with Crippen LogP contribution in [0.5, 0.6) is 0 Å². The SMILES string of the molecule is COC(=O)CCCN1CCN(CC2CN(CCCC3CCN(C)CC3)C(=O)O2)CC1. The molecule has 0 aliphatic carbocycles. The number of amides is 1. The van der Waals surface area contributed by atoms with E-state index in [4.69, 9.17) is 9.47 Å². The van der Waals surface area contributed by atoms with Gasteiger partial charge in [0.2, 0.25) is 0 Å². The van der Waals surface area contributed by atoms with Gasteiger partial charge in [-0.25, -0.2) is 4.79 Å². The van der Waals surface area contributed by atoms with Gasteiger partial charge in [-0.1, -0.05) is 0 Å². The highest BCUT2D eigenvalue weighted by Gasteiger charge is 2.33. The second kappa shape index (κ2) is 11.9. The van der Waals surface area contributed by atoms with Crippen LogP contribution in [0.3, 0.4) is 0 Å². The number of methoxy groups -OCH3 is 1. The summed E-state index contributed by atoms with van der Waals surface area (Å²) in [7, 11) is 3.63. The Balaban J connectivity index is 1.27. The molecule has 0 spiro atoms. The van der Waals surface area contributed by atoms with Crippen molar-refractivity contribution in [2.24, 2.45) is 5.92 Å². The summed E-state index contributed by atoms with van der Waals surface area (Å²) in [4.78, 5) is 32.6. The van der Waals surface area contributed by atoms with Gasteiger partial charge in [-0.15, -0.1) is 0 Å². The summed E-state index contributed by atoms with van der Waals surface area (Å²) >= 11 is 0. The lowest BCUT2D eigenvalue weighted by molar-refractivity contribution is -0.140. The van der Waals surface area contributed by atoms with E-state index in [9.17, 15) is 9.59 Å². The van der Waals surface area contributed by atoms with E-state index < -0.39 is 0 Å². The molecule has 30 heavy (non-hydrogen) atoms. The highest BCUT2D eigenvalue weighted by atomic mass is 16.6. The molecule has 8 heteroatoms. The van der Waals surface area contributed by atoms with Gasteiger partial charge in [0.05, 0.1) is 13.7 Å². The second-order valence-corrected chi connectivity index (χ2v) is 9.16. The first-order chi connectivity index (χ1) is 14.5. The molecular weight excluding hydrogens is 384 g/mol. The maximum atomic E-state index is 12.2. The van der Waals surface area contributed by atoms with Crippen molar-refractivity contribution in [2.45, 2.75) is 44.6 Å². The van der Waals surface area contributed by atoms with Crippen LogP contribution in [-0.2, 0) is 14.3 Å². The fraction of sp³-hybridized carbons (Fsp3) is 0.909. The highest BCUT2D eigenvalue weighted by molar-refractivity contribution is 5.70. The van der Waals surface area contributed by atoms with Crippen molar-refractivity contribution >= 4 is 12.1 Å². The van der Waals surface area contributed by atoms with Crippen molar-refractivity contribution in [3.05, 3.63) is 0 Å². The Morgan fingerprint density at radius 1 is 1.03 bits per heavy atom. The summed E-state index contributed by atoms with van der Waals surface area (Å²) in [6.45, 7) is 9.71. The predicted octanol–water partition coefficient (Wildman–Crippen LogP) is 1.50. The quantitative estimate of drug-likeness (QED) is 0.493. The van der Waals surface area contributed by atoms with Gasteiger partial charge in [0, 0.05) is 45.7 Å². The minimum atomic E-state index is -0.134. The Kier molecular flexibility index (Phi) is 9.21. The van der Waals surface area contributed by atoms with E-state index in [1.807, 2.05) is 4.90 Å². The number of likely N-dealkylation sites (tertiary alicyclic amines) is 1. The number of piperidine rings is 1. The van der Waals surface area contributed by atoms with Crippen LogP contribution in [0.15, 0.2) is 0 Å². The fourth-order valence-electron chi connectivity index (χ4n) is 4.81. The van der Waals surface area contributed by atoms with Crippen molar-refractivity contribution in [3.63, 3.8) is 0 Å². The molecule has 3 aliphatic heterocycles. The van der Waals surface area contributed by atoms with Gasteiger partial charge in [-0.2, -0.15) is 0 Å². The fourth-order valence-corrected chi connectivity index (χ4v) is 4.81. The lowest BCUT2D eigenvalue weighted by Gasteiger charge is -2.35. The topological polar surface area (TPSA) is 65.6 Å². The molecule has 172 valence electrons. The van der Waals surface area contributed by atoms with Crippen LogP contribution in [0.25, 0.3) is 0 Å². The second-order valence-electron chi connectivity index (χ2n) is 9.16. The third-order valence-corrected chi connectivity index (χ3v) is 6.84. The van der Waals surface area contributed by atoms with Crippen LogP contribution in [0.2, 0.25) is 0 Å². The van der Waals surface area contributed by atoms with Crippen LogP contribution in [0.1, 0.15) is 38.5 Å². The number of esters is 1. The van der Waals surface area contributed by atoms with Crippen molar-refractivity contribution in [1.29, 1.82) is 0 Å². The van der Waals surface area contributed by atoms with Gasteiger partial charge in [-0.05, 0) is 64.7 Å². The van der Waals surface area contributed by atoms with Crippen LogP contribution in [0.4, 0.5) is 4.79 Å². The molecule has 0 aromatic carbocycles. The van der Waals surface area contributed by atoms with Gasteiger partial charge in [0.15, 0.2) is 0 Å². The molecule has 1 amide bonds. The Morgan fingerprint density at radius 3 is 2.43 bits per heavy atom. The van der Waals surface area contributed by atoms with E-state index in [2.05, 4.69) is 21.7 Å². The number of carbonyl (C=O) groups excluding carboxylic acids is 2. The molecule has 3 heterocycles. The predicted molar refractivity (Wildman–Crippen MR) is 115 cm³/mol. The Hall–Kier alpha value is -1.38. The van der Waals surface area contributed by atoms with Gasteiger partial charge in [-0.3, -0.25) is 9.69 Å². The minimum absolute atomic E-state index is 0.00768. The summed E-state index contributed by atoms with van der Waals surface area (Å²) in [6, 6.07) is 0. The zero-order valence-corrected chi connectivity index (χ0v) is 18.9. The molecule has 3 aliphatic rings. The number of piperazine rings is 1. The molecule has 8 nitrogen and oxygen atoms in total. The lowest BCUT2D eigenvalue weighted by atomic mass is 9.92. The summed E-state index contributed by atoms with van der Waals surface area (Å²) < 4.78 is 10.3. The van der Waals surface area contributed by atoms with E-state index in [-0.39, 0.29) is 18.2 Å². The molecule has 3 saturated heterocycles. The molecule has 1 atom stereocenters. The third-order valence-electron chi connectivity index (χ3n) is 6.84. The number of carbonyl (C=O) groups is 2. The van der Waals surface area contributed by atoms with Crippen molar-refractivity contribution in [3.8, 4) is 0 Å². The number of cyclic esters (lactones) is 1. The van der Waals surface area contributed by atoms with Gasteiger partial charge >= 0.3 is 12.1 Å². The first-order valence-corrected chi connectivity index (χ1v) is 11.7. The van der Waals surface area contributed by atoms with Crippen molar-refractivity contribution in [2.75, 3.05) is 79.6 Å². The number of hydrogen-bond donors (Lipinski definition) is 0. The van der Waals surface area contributed by atoms with Crippen molar-refractivity contribution < 1.29 is 19.1 Å². The molecule has 0 saturated carbocycles. The summed E-state index contributed by atoms with van der Waals surface area (Å²) in [5.41, 5.74) is 0. The molecule has 0 N–H and O–H groups in total. The number of ether oxygens (including phenoxy) is 2. The molecular formula is C22H40N4O4. The third kappa shape index (κ3) is 7.39. The first-order valence-electron chi connectivity index (χ1n) is 11.7. The zero-order valence-electron chi connectivity index (χ0n) is 18.9. The maximum Gasteiger partial charge on any atom is 0.410 e. The maximum absolute atomic E-state index is 12.2. The van der Waals surface area contributed by atoms with E-state index in [0.717, 1.165) is 71.1 Å². The smallest absolute Gasteiger partial charge is 0.410 e. The van der Waals surface area contributed by atoms with Gasteiger partial charge in [0.25, 0.3) is 0 Å². The van der Waals surface area contributed by atoms with E-state index >= 15 is 0 Å². The molecule has 0 aromatic rings. The number of hydrogen-bond acceptors (Lipinski definition) is 7. The van der Waals surface area contributed by atoms with Crippen LogP contribution < -0.4 is 0 Å². The molecule has 3 fully saturated rings. The van der Waals surface area contributed by atoms with Gasteiger partial charge < -0.3 is 24.2 Å². The van der Waals surface area contributed by atoms with Crippen molar-refractivity contribution in [1.82, 2.24) is 19.6 Å². The van der Waals surface area contributed by atoms with E-state index in [1.54, 1.807) is 0 Å². The first kappa shape index (κ1) is 23.3. The largest absolute Gasteiger partial charge is 0.469 e. The molecule has 0 aromatic heterocycles. The summed E-state index contributed by atoms with van der Waals surface area (Å²) in [5, 5.41) is 0. The van der Waals surface area contributed by atoms with Crippen LogP contribution in [0, 0.1) is 5.92 Å². The molecule has 3 rings (SSSR count). The monoisotopic (exact) mass is 424 g/mol. The normalized spacial score (nSPS) is 24.9. The molecule has 0 bridgehead atoms. The number of nitrogens with zero attached hydrogens (tertiary/aromatic N) is 4. The lowest BCUT2D eigenvalue weighted by Crippen LogP contribution is -2.49. The molecule has 0 radical (unpaired) electrons. The highest BCUT2D eigenvalue weighted by Crippen LogP contribution is 2.22. The Labute approximate surface area is 181 Å². The summed E-state index contributed by atoms with van der Waals surface area (Å²) in [5.74, 6) is 0.687. The number of rotatable bonds is 10. The minimum Gasteiger partial charge on any atom is -0.469 e. The zero-order chi connectivity index (χ0) is 21.3. The average molecular weight is 425 g/mol. The van der Waals surface area contributed by atoms with Gasteiger partial charge in [0.1, 0.15) is 6.10 Å². The van der Waals surface area contributed by atoms with Crippen LogP contribution in [-0.4, -0.2) is 117 Å². The Bertz CT molecular complexity index is 545. The van der Waals surface area contributed by atoms with E-state index in [1.165, 1.54) is 39.5 Å². The average Bonchev–Trinajstić information content (AvgIpc) is 3.09. The van der Waals surface area contributed by atoms with E-state index in [0.29, 0.717) is 6.42 Å². The molecule has 1 unspecified atom stereocenters. The summed E-state index contributed by atoms with van der Waals surface area (Å²) in [6.07, 6.45) is 6.08. The van der Waals surface area contributed by atoms with Crippen LogP contribution >= 0.6 is 0 Å². The Morgan fingerprint density at radius 2 is 1.73 bits per heavy atom.